The van der Waals surface area contributed by atoms with Crippen LogP contribution in [0.1, 0.15) is 32.3 Å². The molecule has 1 aromatic rings. The summed E-state index contributed by atoms with van der Waals surface area (Å²) in [7, 11) is 0. The SMILES string of the molecule is CC(C)C(N)CC(=O)NCCCOCc1ccccc1. The quantitative estimate of drug-likeness (QED) is 0.680. The number of nitrogens with one attached hydrogen (secondary N) is 1. The molecule has 0 aliphatic carbocycles. The first-order valence-corrected chi connectivity index (χ1v) is 7.23. The van der Waals surface area contributed by atoms with Gasteiger partial charge in [-0.15, -0.1) is 0 Å². The number of benzene rings is 1. The van der Waals surface area contributed by atoms with Crippen LogP contribution in [0.2, 0.25) is 0 Å². The Morgan fingerprint density at radius 1 is 1.30 bits per heavy atom. The molecule has 1 atom stereocenters. The number of amides is 1. The molecule has 1 unspecified atom stereocenters. The van der Waals surface area contributed by atoms with Gasteiger partial charge in [-0.1, -0.05) is 44.2 Å². The third-order valence-corrected chi connectivity index (χ3v) is 3.18. The van der Waals surface area contributed by atoms with Crippen molar-refractivity contribution in [3.8, 4) is 0 Å². The van der Waals surface area contributed by atoms with Gasteiger partial charge in [0.05, 0.1) is 6.61 Å². The van der Waals surface area contributed by atoms with Gasteiger partial charge < -0.3 is 15.8 Å². The molecule has 0 aliphatic rings. The maximum absolute atomic E-state index is 11.6. The van der Waals surface area contributed by atoms with E-state index in [1.807, 2.05) is 44.2 Å². The molecule has 0 aliphatic heterocycles. The van der Waals surface area contributed by atoms with Gasteiger partial charge in [0.25, 0.3) is 0 Å². The van der Waals surface area contributed by atoms with Crippen LogP contribution in [-0.2, 0) is 16.1 Å². The molecule has 3 N–H and O–H groups in total. The van der Waals surface area contributed by atoms with Gasteiger partial charge in [0.15, 0.2) is 0 Å². The zero-order valence-electron chi connectivity index (χ0n) is 12.5. The lowest BCUT2D eigenvalue weighted by atomic mass is 10.0. The van der Waals surface area contributed by atoms with E-state index < -0.39 is 0 Å². The van der Waals surface area contributed by atoms with Crippen LogP contribution in [0, 0.1) is 5.92 Å². The van der Waals surface area contributed by atoms with Crippen molar-refractivity contribution in [2.45, 2.75) is 39.3 Å². The lowest BCUT2D eigenvalue weighted by Gasteiger charge is -2.14. The van der Waals surface area contributed by atoms with Gasteiger partial charge in [0.1, 0.15) is 0 Å². The second-order valence-electron chi connectivity index (χ2n) is 5.35. The van der Waals surface area contributed by atoms with E-state index in [0.29, 0.717) is 32.1 Å². The number of ether oxygens (including phenoxy) is 1. The van der Waals surface area contributed by atoms with Crippen LogP contribution >= 0.6 is 0 Å². The fraction of sp³-hybridized carbons (Fsp3) is 0.562. The molecule has 20 heavy (non-hydrogen) atoms. The molecular formula is C16H26N2O2. The Kier molecular flexibility index (Phi) is 7.92. The molecule has 0 spiro atoms. The minimum atomic E-state index is -0.0654. The fourth-order valence-corrected chi connectivity index (χ4v) is 1.69. The number of hydrogen-bond acceptors (Lipinski definition) is 3. The Morgan fingerprint density at radius 3 is 2.65 bits per heavy atom. The highest BCUT2D eigenvalue weighted by molar-refractivity contribution is 5.76. The number of carbonyl (C=O) groups excluding carboxylic acids is 1. The highest BCUT2D eigenvalue weighted by atomic mass is 16.5. The van der Waals surface area contributed by atoms with Crippen molar-refractivity contribution in [3.63, 3.8) is 0 Å². The van der Waals surface area contributed by atoms with Crippen LogP contribution in [0.4, 0.5) is 0 Å². The number of rotatable bonds is 9. The molecule has 1 aromatic carbocycles. The summed E-state index contributed by atoms with van der Waals surface area (Å²) in [6.07, 6.45) is 1.21. The Labute approximate surface area is 121 Å². The summed E-state index contributed by atoms with van der Waals surface area (Å²) in [5, 5.41) is 2.87. The maximum atomic E-state index is 11.6. The lowest BCUT2D eigenvalue weighted by Crippen LogP contribution is -2.35. The molecule has 0 radical (unpaired) electrons. The normalized spacial score (nSPS) is 12.4. The highest BCUT2D eigenvalue weighted by Gasteiger charge is 2.12. The molecule has 4 nitrogen and oxygen atoms in total. The number of nitrogens with two attached hydrogens (primary N) is 1. The zero-order valence-corrected chi connectivity index (χ0v) is 12.5. The molecule has 4 heteroatoms. The molecule has 112 valence electrons. The largest absolute Gasteiger partial charge is 0.377 e. The Morgan fingerprint density at radius 2 is 2.00 bits per heavy atom. The fourth-order valence-electron chi connectivity index (χ4n) is 1.69. The minimum absolute atomic E-state index is 0.0225. The van der Waals surface area contributed by atoms with Crippen LogP contribution in [0.15, 0.2) is 30.3 Å². The van der Waals surface area contributed by atoms with Crippen LogP contribution in [0.5, 0.6) is 0 Å². The summed E-state index contributed by atoms with van der Waals surface area (Å²) in [4.78, 5) is 11.6. The highest BCUT2D eigenvalue weighted by Crippen LogP contribution is 2.02. The summed E-state index contributed by atoms with van der Waals surface area (Å²) in [5.41, 5.74) is 7.01. The topological polar surface area (TPSA) is 64.4 Å². The van der Waals surface area contributed by atoms with Crippen molar-refractivity contribution >= 4 is 5.91 Å². The van der Waals surface area contributed by atoms with Crippen LogP contribution in [0.25, 0.3) is 0 Å². The van der Waals surface area contributed by atoms with Gasteiger partial charge in [-0.05, 0) is 17.9 Å². The molecule has 0 fully saturated rings. The van der Waals surface area contributed by atoms with E-state index in [1.165, 1.54) is 5.56 Å². The molecule has 0 saturated carbocycles. The molecule has 0 saturated heterocycles. The average molecular weight is 278 g/mol. The van der Waals surface area contributed by atoms with Crippen molar-refractivity contribution in [1.82, 2.24) is 5.32 Å². The summed E-state index contributed by atoms with van der Waals surface area (Å²) in [5.74, 6) is 0.351. The van der Waals surface area contributed by atoms with Gasteiger partial charge >= 0.3 is 0 Å². The Balaban J connectivity index is 2.01. The van der Waals surface area contributed by atoms with Gasteiger partial charge in [0, 0.05) is 25.6 Å². The average Bonchev–Trinajstić information content (AvgIpc) is 2.43. The van der Waals surface area contributed by atoms with Gasteiger partial charge in [-0.25, -0.2) is 0 Å². The van der Waals surface area contributed by atoms with Crippen LogP contribution in [0.3, 0.4) is 0 Å². The first-order chi connectivity index (χ1) is 9.59. The first-order valence-electron chi connectivity index (χ1n) is 7.23. The molecule has 1 rings (SSSR count). The van der Waals surface area contributed by atoms with E-state index in [9.17, 15) is 4.79 Å². The predicted octanol–water partition coefficient (Wildman–Crippen LogP) is 2.08. The number of carbonyl (C=O) groups is 1. The molecular weight excluding hydrogens is 252 g/mol. The Bertz CT molecular complexity index is 379. The van der Waals surface area contributed by atoms with E-state index in [4.69, 9.17) is 10.5 Å². The predicted molar refractivity (Wildman–Crippen MR) is 81.2 cm³/mol. The minimum Gasteiger partial charge on any atom is -0.377 e. The zero-order chi connectivity index (χ0) is 14.8. The van der Waals surface area contributed by atoms with E-state index in [2.05, 4.69) is 5.32 Å². The summed E-state index contributed by atoms with van der Waals surface area (Å²) in [6, 6.07) is 9.99. The third kappa shape index (κ3) is 7.26. The monoisotopic (exact) mass is 278 g/mol. The van der Waals surface area contributed by atoms with E-state index >= 15 is 0 Å². The molecule has 0 bridgehead atoms. The standard InChI is InChI=1S/C16H26N2O2/c1-13(2)15(17)11-16(19)18-9-6-10-20-12-14-7-4-3-5-8-14/h3-5,7-8,13,15H,6,9-12,17H2,1-2H3,(H,18,19). The maximum Gasteiger partial charge on any atom is 0.221 e. The Hall–Kier alpha value is -1.39. The smallest absolute Gasteiger partial charge is 0.221 e. The number of hydrogen-bond donors (Lipinski definition) is 2. The van der Waals surface area contributed by atoms with Crippen LogP contribution < -0.4 is 11.1 Å². The van der Waals surface area contributed by atoms with Crippen molar-refractivity contribution in [1.29, 1.82) is 0 Å². The van der Waals surface area contributed by atoms with E-state index in [1.54, 1.807) is 0 Å². The van der Waals surface area contributed by atoms with Crippen molar-refractivity contribution in [2.75, 3.05) is 13.2 Å². The van der Waals surface area contributed by atoms with Crippen molar-refractivity contribution in [2.24, 2.45) is 11.7 Å². The first kappa shape index (κ1) is 16.7. The van der Waals surface area contributed by atoms with Crippen LogP contribution in [-0.4, -0.2) is 25.1 Å². The van der Waals surface area contributed by atoms with Crippen molar-refractivity contribution < 1.29 is 9.53 Å². The molecule has 1 amide bonds. The summed E-state index contributed by atoms with van der Waals surface area (Å²) in [6.45, 7) is 5.95. The second kappa shape index (κ2) is 9.50. The molecule has 0 heterocycles. The van der Waals surface area contributed by atoms with Gasteiger partial charge in [-0.3, -0.25) is 4.79 Å². The van der Waals surface area contributed by atoms with E-state index in [-0.39, 0.29) is 11.9 Å². The van der Waals surface area contributed by atoms with Gasteiger partial charge in [0.2, 0.25) is 5.91 Å². The van der Waals surface area contributed by atoms with Crippen molar-refractivity contribution in [3.05, 3.63) is 35.9 Å². The van der Waals surface area contributed by atoms with Gasteiger partial charge in [-0.2, -0.15) is 0 Å². The summed E-state index contributed by atoms with van der Waals surface area (Å²) >= 11 is 0. The summed E-state index contributed by atoms with van der Waals surface area (Å²) < 4.78 is 5.54. The second-order valence-corrected chi connectivity index (χ2v) is 5.35. The lowest BCUT2D eigenvalue weighted by molar-refractivity contribution is -0.121. The third-order valence-electron chi connectivity index (χ3n) is 3.18. The molecule has 0 aromatic heterocycles. The van der Waals surface area contributed by atoms with E-state index in [0.717, 1.165) is 6.42 Å².